The van der Waals surface area contributed by atoms with Crippen LogP contribution in [0.15, 0.2) is 72.9 Å². The van der Waals surface area contributed by atoms with Crippen LogP contribution in [0.25, 0.3) is 0 Å². The maximum Gasteiger partial charge on any atom is 0.472 e. The number of phosphoric ester groups is 1. The molecule has 0 aliphatic rings. The van der Waals surface area contributed by atoms with Gasteiger partial charge in [-0.1, -0.05) is 145 Å². The van der Waals surface area contributed by atoms with E-state index in [1.807, 2.05) is 0 Å². The molecule has 0 bridgehead atoms. The number of carbonyl (C=O) groups is 3. The third kappa shape index (κ3) is 39.7. The van der Waals surface area contributed by atoms with Gasteiger partial charge < -0.3 is 25.2 Å². The molecule has 0 spiro atoms. The average Bonchev–Trinajstić information content (AvgIpc) is 3.20. The van der Waals surface area contributed by atoms with E-state index in [-0.39, 0.29) is 19.4 Å². The van der Waals surface area contributed by atoms with Gasteiger partial charge in [-0.3, -0.25) is 23.4 Å². The third-order valence-corrected chi connectivity index (χ3v) is 9.89. The lowest BCUT2D eigenvalue weighted by atomic mass is 10.1. The molecule has 0 rings (SSSR count). The molecule has 4 N–H and O–H groups in total. The number of unbranched alkanes of at least 4 members (excludes halogenated alkanes) is 14. The summed E-state index contributed by atoms with van der Waals surface area (Å²) in [5.41, 5.74) is 5.33. The van der Waals surface area contributed by atoms with Crippen LogP contribution in [0.4, 0.5) is 0 Å². The largest absolute Gasteiger partial charge is 0.480 e. The molecular formula is C46H78NO10P. The fraction of sp³-hybridized carbons (Fsp3) is 0.674. The van der Waals surface area contributed by atoms with Crippen molar-refractivity contribution in [1.82, 2.24) is 0 Å². The van der Waals surface area contributed by atoms with Crippen LogP contribution in [0.2, 0.25) is 0 Å². The van der Waals surface area contributed by atoms with Gasteiger partial charge in [0, 0.05) is 12.8 Å². The van der Waals surface area contributed by atoms with Crippen LogP contribution in [0.3, 0.4) is 0 Å². The zero-order chi connectivity index (χ0) is 42.8. The normalized spacial score (nSPS) is 14.4. The molecular weight excluding hydrogens is 757 g/mol. The van der Waals surface area contributed by atoms with Crippen molar-refractivity contribution in [2.24, 2.45) is 5.73 Å². The highest BCUT2D eigenvalue weighted by Gasteiger charge is 2.28. The van der Waals surface area contributed by atoms with Gasteiger partial charge in [-0.05, 0) is 83.5 Å². The minimum absolute atomic E-state index is 0.118. The van der Waals surface area contributed by atoms with Crippen molar-refractivity contribution in [3.05, 3.63) is 72.9 Å². The first kappa shape index (κ1) is 54.9. The summed E-state index contributed by atoms with van der Waals surface area (Å²) in [4.78, 5) is 46.0. The van der Waals surface area contributed by atoms with E-state index in [0.717, 1.165) is 77.0 Å². The molecule has 1 unspecified atom stereocenters. The van der Waals surface area contributed by atoms with Crippen molar-refractivity contribution < 1.29 is 47.5 Å². The smallest absolute Gasteiger partial charge is 0.472 e. The van der Waals surface area contributed by atoms with Gasteiger partial charge in [0.2, 0.25) is 0 Å². The quantitative estimate of drug-likeness (QED) is 0.0232. The topological polar surface area (TPSA) is 172 Å². The number of carbonyl (C=O) groups excluding carboxylic acids is 2. The molecule has 0 saturated heterocycles. The molecule has 0 aromatic carbocycles. The molecule has 0 heterocycles. The van der Waals surface area contributed by atoms with Crippen molar-refractivity contribution >= 4 is 25.7 Å². The summed E-state index contributed by atoms with van der Waals surface area (Å²) in [5.74, 6) is -2.43. The van der Waals surface area contributed by atoms with E-state index in [1.165, 1.54) is 51.4 Å². The molecule has 0 fully saturated rings. The van der Waals surface area contributed by atoms with Crippen molar-refractivity contribution in [2.75, 3.05) is 19.8 Å². The lowest BCUT2D eigenvalue weighted by molar-refractivity contribution is -0.161. The number of aliphatic carboxylic acids is 1. The second-order valence-electron chi connectivity index (χ2n) is 14.4. The Morgan fingerprint density at radius 1 is 0.552 bits per heavy atom. The summed E-state index contributed by atoms with van der Waals surface area (Å²) in [6.45, 7) is 2.63. The van der Waals surface area contributed by atoms with Crippen LogP contribution in [0.5, 0.6) is 0 Å². The number of ether oxygens (including phenoxy) is 2. The summed E-state index contributed by atoms with van der Waals surface area (Å²) < 4.78 is 32.7. The monoisotopic (exact) mass is 836 g/mol. The van der Waals surface area contributed by atoms with Gasteiger partial charge in [0.1, 0.15) is 12.6 Å². The van der Waals surface area contributed by atoms with Crippen molar-refractivity contribution in [2.45, 2.75) is 180 Å². The molecule has 0 aromatic rings. The molecule has 12 heteroatoms. The van der Waals surface area contributed by atoms with Gasteiger partial charge in [0.15, 0.2) is 6.10 Å². The molecule has 0 saturated carbocycles. The van der Waals surface area contributed by atoms with Crippen LogP contribution in [0, 0.1) is 0 Å². The Kier molecular flexibility index (Phi) is 38.5. The van der Waals surface area contributed by atoms with Crippen LogP contribution in [-0.2, 0) is 37.5 Å². The summed E-state index contributed by atoms with van der Waals surface area (Å²) >= 11 is 0. The van der Waals surface area contributed by atoms with E-state index in [4.69, 9.17) is 24.8 Å². The molecule has 0 radical (unpaired) electrons. The van der Waals surface area contributed by atoms with E-state index < -0.39 is 51.1 Å². The Labute approximate surface area is 350 Å². The average molecular weight is 836 g/mol. The molecule has 0 amide bonds. The zero-order valence-electron chi connectivity index (χ0n) is 35.9. The number of phosphoric acid groups is 1. The molecule has 0 aliphatic heterocycles. The lowest BCUT2D eigenvalue weighted by Gasteiger charge is -2.20. The first-order valence-corrected chi connectivity index (χ1v) is 23.5. The number of carboxylic acid groups (broad SMARTS) is 1. The standard InChI is InChI=1S/C46H78NO10P/c1-3-5-7-9-11-13-15-17-19-20-21-22-24-26-28-30-32-34-36-38-45(49)57-42(40-55-58(52,53)56-41-43(47)46(50)51)39-54-44(48)37-35-33-31-29-27-25-23-18-16-14-12-10-8-6-4-2/h5,7,11,13-14,16-17,19,21-22,26,28,42-43H,3-4,6,8-10,12,15,18,20,23-25,27,29-41,47H2,1-2H3,(H,50,51)(H,52,53)/b7-5+,13-11+,16-14+,19-17+,22-21+,28-26+/t42-,43+/m1/s1. The Bertz CT molecular complexity index is 1260. The number of carboxylic acids is 1. The van der Waals surface area contributed by atoms with E-state index >= 15 is 0 Å². The van der Waals surface area contributed by atoms with Gasteiger partial charge >= 0.3 is 25.7 Å². The first-order chi connectivity index (χ1) is 28.1. The second-order valence-corrected chi connectivity index (χ2v) is 15.9. The Morgan fingerprint density at radius 2 is 0.966 bits per heavy atom. The molecule has 3 atom stereocenters. The highest BCUT2D eigenvalue weighted by Crippen LogP contribution is 2.43. The first-order valence-electron chi connectivity index (χ1n) is 22.0. The van der Waals surface area contributed by atoms with Crippen molar-refractivity contribution in [1.29, 1.82) is 0 Å². The summed E-state index contributed by atoms with van der Waals surface area (Å²) in [7, 11) is -4.73. The summed E-state index contributed by atoms with van der Waals surface area (Å²) in [5, 5.41) is 8.89. The molecule has 11 nitrogen and oxygen atoms in total. The van der Waals surface area contributed by atoms with Gasteiger partial charge in [-0.2, -0.15) is 0 Å². The summed E-state index contributed by atoms with van der Waals surface area (Å²) in [6.07, 6.45) is 48.2. The minimum Gasteiger partial charge on any atom is -0.480 e. The van der Waals surface area contributed by atoms with E-state index in [9.17, 15) is 23.8 Å². The number of rotatable bonds is 40. The number of allylic oxidation sites excluding steroid dienone is 12. The van der Waals surface area contributed by atoms with Gasteiger partial charge in [-0.15, -0.1) is 0 Å². The zero-order valence-corrected chi connectivity index (χ0v) is 36.8. The third-order valence-electron chi connectivity index (χ3n) is 8.94. The SMILES string of the molecule is CC/C=C/C/C=C/C/C=C/C/C=C/C/C=C/CCCCCC(=O)O[C@H](COC(=O)CCCCCCCCC/C=C/CCCCCC)COP(=O)(O)OC[C@H](N)C(=O)O. The highest BCUT2D eigenvalue weighted by molar-refractivity contribution is 7.47. The molecule has 0 aromatic heterocycles. The van der Waals surface area contributed by atoms with Gasteiger partial charge in [-0.25, -0.2) is 4.57 Å². The van der Waals surface area contributed by atoms with Gasteiger partial charge in [0.25, 0.3) is 0 Å². The van der Waals surface area contributed by atoms with Crippen molar-refractivity contribution in [3.8, 4) is 0 Å². The molecule has 332 valence electrons. The Hall–Kier alpha value is -3.08. The maximum atomic E-state index is 12.6. The fourth-order valence-electron chi connectivity index (χ4n) is 5.50. The van der Waals surface area contributed by atoms with Gasteiger partial charge in [0.05, 0.1) is 13.2 Å². The summed E-state index contributed by atoms with van der Waals surface area (Å²) in [6, 6.07) is -1.53. The van der Waals surface area contributed by atoms with E-state index in [2.05, 4.69) is 91.3 Å². The highest BCUT2D eigenvalue weighted by atomic mass is 31.2. The number of hydrogen-bond acceptors (Lipinski definition) is 9. The second kappa shape index (κ2) is 40.7. The van der Waals surface area contributed by atoms with E-state index in [0.29, 0.717) is 12.8 Å². The number of esters is 2. The molecule has 0 aliphatic carbocycles. The van der Waals surface area contributed by atoms with Crippen LogP contribution >= 0.6 is 7.82 Å². The predicted molar refractivity (Wildman–Crippen MR) is 235 cm³/mol. The minimum atomic E-state index is -4.73. The Morgan fingerprint density at radius 3 is 1.48 bits per heavy atom. The van der Waals surface area contributed by atoms with E-state index in [1.54, 1.807) is 0 Å². The fourth-order valence-corrected chi connectivity index (χ4v) is 6.27. The maximum absolute atomic E-state index is 12.6. The molecule has 58 heavy (non-hydrogen) atoms. The number of hydrogen-bond donors (Lipinski definition) is 3. The number of nitrogens with two attached hydrogens (primary N) is 1. The Balaban J connectivity index is 4.45. The predicted octanol–water partition coefficient (Wildman–Crippen LogP) is 11.7. The lowest BCUT2D eigenvalue weighted by Crippen LogP contribution is -2.34. The van der Waals surface area contributed by atoms with Crippen LogP contribution < -0.4 is 5.73 Å². The van der Waals surface area contributed by atoms with Crippen LogP contribution in [-0.4, -0.2) is 59.9 Å². The van der Waals surface area contributed by atoms with Crippen LogP contribution in [0.1, 0.15) is 168 Å². The van der Waals surface area contributed by atoms with Crippen molar-refractivity contribution in [3.63, 3.8) is 0 Å².